The molecule has 2 aromatic carbocycles. The van der Waals surface area contributed by atoms with Crippen LogP contribution in [0.3, 0.4) is 0 Å². The molecule has 0 radical (unpaired) electrons. The minimum atomic E-state index is -2.15. The Morgan fingerprint density at radius 2 is 1.78 bits per heavy atom. The quantitative estimate of drug-likeness (QED) is 0.427. The molecule has 0 aliphatic heterocycles. The summed E-state index contributed by atoms with van der Waals surface area (Å²) >= 11 is 1.22. The van der Waals surface area contributed by atoms with Gasteiger partial charge in [0.15, 0.2) is 0 Å². The summed E-state index contributed by atoms with van der Waals surface area (Å²) in [4.78, 5) is 13.0. The van der Waals surface area contributed by atoms with Crippen molar-refractivity contribution in [1.29, 1.82) is 0 Å². The summed E-state index contributed by atoms with van der Waals surface area (Å²) in [6.45, 7) is 0. The first-order valence-electron chi connectivity index (χ1n) is 8.08. The summed E-state index contributed by atoms with van der Waals surface area (Å²) < 4.78 is 36.0. The van der Waals surface area contributed by atoms with Crippen LogP contribution in [0, 0.1) is 5.82 Å². The standard InChI is InChI=1S/C19H16BrFN2O3S/c20-10-9-17-18(14-3-1-13(2-4-14)12-27(25)26)11-22-23(19(17)24)16-7-5-15(21)6-8-16/h1-8,11H,9-10,12H2,(H,25,26)/p-1. The maximum atomic E-state index is 13.1. The van der Waals surface area contributed by atoms with Crippen molar-refractivity contribution in [3.8, 4) is 16.8 Å². The van der Waals surface area contributed by atoms with Crippen molar-refractivity contribution in [1.82, 2.24) is 9.78 Å². The number of aromatic nitrogens is 2. The Balaban J connectivity index is 2.05. The van der Waals surface area contributed by atoms with Crippen LogP contribution in [0.1, 0.15) is 11.1 Å². The third-order valence-corrected chi connectivity index (χ3v) is 5.01. The van der Waals surface area contributed by atoms with E-state index < -0.39 is 11.1 Å². The number of hydrogen-bond acceptors (Lipinski definition) is 4. The van der Waals surface area contributed by atoms with Gasteiger partial charge in [0, 0.05) is 22.2 Å². The molecule has 0 fully saturated rings. The zero-order valence-corrected chi connectivity index (χ0v) is 16.5. The van der Waals surface area contributed by atoms with Crippen molar-refractivity contribution < 1.29 is 13.2 Å². The zero-order valence-electron chi connectivity index (χ0n) is 14.1. The summed E-state index contributed by atoms with van der Waals surface area (Å²) in [6, 6.07) is 12.5. The van der Waals surface area contributed by atoms with Crippen LogP contribution < -0.4 is 5.56 Å². The highest BCUT2D eigenvalue weighted by Gasteiger charge is 2.14. The Kier molecular flexibility index (Phi) is 6.30. The normalized spacial score (nSPS) is 12.1. The van der Waals surface area contributed by atoms with E-state index in [9.17, 15) is 17.9 Å². The Hall–Kier alpha value is -2.16. The van der Waals surface area contributed by atoms with Crippen LogP contribution >= 0.6 is 15.9 Å². The molecule has 27 heavy (non-hydrogen) atoms. The third-order valence-electron chi connectivity index (χ3n) is 4.04. The maximum Gasteiger partial charge on any atom is 0.275 e. The molecule has 0 aliphatic carbocycles. The highest BCUT2D eigenvalue weighted by molar-refractivity contribution is 9.09. The van der Waals surface area contributed by atoms with Gasteiger partial charge in [-0.1, -0.05) is 51.3 Å². The van der Waals surface area contributed by atoms with Gasteiger partial charge < -0.3 is 4.55 Å². The van der Waals surface area contributed by atoms with Gasteiger partial charge in [-0.2, -0.15) is 9.78 Å². The number of benzene rings is 2. The van der Waals surface area contributed by atoms with E-state index in [4.69, 9.17) is 0 Å². The number of alkyl halides is 1. The number of halogens is 2. The predicted molar refractivity (Wildman–Crippen MR) is 105 cm³/mol. The molecule has 8 heteroatoms. The SMILES string of the molecule is O=c1c(CCBr)c(-c2ccc(CS(=O)[O-])cc2)cnn1-c1ccc(F)cc1. The van der Waals surface area contributed by atoms with Gasteiger partial charge in [0.1, 0.15) is 5.82 Å². The lowest BCUT2D eigenvalue weighted by Gasteiger charge is -2.12. The molecular weight excluding hydrogens is 435 g/mol. The van der Waals surface area contributed by atoms with Crippen LogP contribution in [-0.2, 0) is 23.3 Å². The monoisotopic (exact) mass is 449 g/mol. The fourth-order valence-electron chi connectivity index (χ4n) is 2.76. The molecule has 0 saturated heterocycles. The van der Waals surface area contributed by atoms with E-state index in [1.165, 1.54) is 28.9 Å². The van der Waals surface area contributed by atoms with Gasteiger partial charge in [0.2, 0.25) is 0 Å². The number of rotatable bonds is 6. The first-order valence-corrected chi connectivity index (χ1v) is 10.4. The molecule has 0 N–H and O–H groups in total. The van der Waals surface area contributed by atoms with E-state index >= 15 is 0 Å². The van der Waals surface area contributed by atoms with Crippen LogP contribution in [0.15, 0.2) is 59.5 Å². The van der Waals surface area contributed by atoms with Gasteiger partial charge in [-0.15, -0.1) is 0 Å². The van der Waals surface area contributed by atoms with Gasteiger partial charge in [0.25, 0.3) is 5.56 Å². The molecule has 0 amide bonds. The third kappa shape index (κ3) is 4.58. The van der Waals surface area contributed by atoms with Crippen LogP contribution in [0.5, 0.6) is 0 Å². The molecule has 1 aromatic heterocycles. The van der Waals surface area contributed by atoms with Crippen molar-refractivity contribution in [2.24, 2.45) is 0 Å². The summed E-state index contributed by atoms with van der Waals surface area (Å²) in [5.41, 5.74) is 2.92. The maximum absolute atomic E-state index is 13.1. The van der Waals surface area contributed by atoms with E-state index in [0.29, 0.717) is 34.1 Å². The van der Waals surface area contributed by atoms with Gasteiger partial charge >= 0.3 is 0 Å². The first kappa shape index (κ1) is 19.6. The molecule has 1 atom stereocenters. The van der Waals surface area contributed by atoms with Crippen molar-refractivity contribution in [2.75, 3.05) is 5.33 Å². The summed E-state index contributed by atoms with van der Waals surface area (Å²) in [7, 11) is 0. The summed E-state index contributed by atoms with van der Waals surface area (Å²) in [5.74, 6) is -0.443. The van der Waals surface area contributed by atoms with Crippen LogP contribution in [-0.4, -0.2) is 23.9 Å². The van der Waals surface area contributed by atoms with Crippen molar-refractivity contribution in [3.05, 3.63) is 82.0 Å². The Bertz CT molecular complexity index is 1020. The van der Waals surface area contributed by atoms with Gasteiger partial charge in [0.05, 0.1) is 11.9 Å². The van der Waals surface area contributed by atoms with E-state index in [1.54, 1.807) is 30.5 Å². The van der Waals surface area contributed by atoms with Crippen molar-refractivity contribution in [3.63, 3.8) is 0 Å². The average molecular weight is 450 g/mol. The summed E-state index contributed by atoms with van der Waals surface area (Å²) in [5, 5.41) is 4.83. The van der Waals surface area contributed by atoms with Crippen molar-refractivity contribution in [2.45, 2.75) is 12.2 Å². The second kappa shape index (κ2) is 8.69. The fourth-order valence-corrected chi connectivity index (χ4v) is 3.62. The van der Waals surface area contributed by atoms with E-state index in [1.807, 2.05) is 0 Å². The molecule has 0 spiro atoms. The van der Waals surface area contributed by atoms with Gasteiger partial charge in [-0.25, -0.2) is 4.39 Å². The lowest BCUT2D eigenvalue weighted by Crippen LogP contribution is -2.25. The highest BCUT2D eigenvalue weighted by Crippen LogP contribution is 2.23. The molecule has 0 aliphatic rings. The molecule has 3 aromatic rings. The topological polar surface area (TPSA) is 75.0 Å². The molecule has 3 rings (SSSR count). The van der Waals surface area contributed by atoms with Crippen LogP contribution in [0.25, 0.3) is 16.8 Å². The fraction of sp³-hybridized carbons (Fsp3) is 0.158. The Morgan fingerprint density at radius 3 is 2.37 bits per heavy atom. The van der Waals surface area contributed by atoms with Gasteiger partial charge in [-0.3, -0.25) is 9.00 Å². The average Bonchev–Trinajstić information content (AvgIpc) is 2.65. The van der Waals surface area contributed by atoms with Crippen LogP contribution in [0.2, 0.25) is 0 Å². The molecule has 140 valence electrons. The number of nitrogens with zero attached hydrogens (tertiary/aromatic N) is 2. The predicted octanol–water partition coefficient (Wildman–Crippen LogP) is 3.36. The molecule has 1 unspecified atom stereocenters. The highest BCUT2D eigenvalue weighted by atomic mass is 79.9. The summed E-state index contributed by atoms with van der Waals surface area (Å²) in [6.07, 6.45) is 2.09. The molecule has 1 heterocycles. The van der Waals surface area contributed by atoms with Gasteiger partial charge in [-0.05, 0) is 41.8 Å². The zero-order chi connectivity index (χ0) is 19.4. The van der Waals surface area contributed by atoms with Crippen molar-refractivity contribution >= 4 is 27.0 Å². The smallest absolute Gasteiger partial charge is 0.275 e. The minimum absolute atomic E-state index is 0.0566. The Morgan fingerprint density at radius 1 is 1.11 bits per heavy atom. The lowest BCUT2D eigenvalue weighted by molar-refractivity contribution is 0.536. The number of hydrogen-bond donors (Lipinski definition) is 0. The second-order valence-electron chi connectivity index (χ2n) is 5.81. The Labute approximate surface area is 166 Å². The van der Waals surface area contributed by atoms with E-state index in [2.05, 4.69) is 21.0 Å². The molecule has 5 nitrogen and oxygen atoms in total. The lowest BCUT2D eigenvalue weighted by atomic mass is 10.0. The molecule has 0 saturated carbocycles. The largest absolute Gasteiger partial charge is 0.772 e. The first-order chi connectivity index (χ1) is 13.0. The van der Waals surface area contributed by atoms with E-state index in [-0.39, 0.29) is 17.1 Å². The second-order valence-corrected chi connectivity index (χ2v) is 7.50. The van der Waals surface area contributed by atoms with Crippen LogP contribution in [0.4, 0.5) is 4.39 Å². The molecule has 0 bridgehead atoms. The van der Waals surface area contributed by atoms with E-state index in [0.717, 1.165) is 5.56 Å². The molecular formula is C19H15BrFN2O3S-. The minimum Gasteiger partial charge on any atom is -0.772 e.